The molecule has 0 radical (unpaired) electrons. The van der Waals surface area contributed by atoms with Crippen LogP contribution in [0, 0.1) is 5.92 Å². The Bertz CT molecular complexity index is 261. The molecule has 0 aromatic carbocycles. The molecule has 1 aliphatic rings. The summed E-state index contributed by atoms with van der Waals surface area (Å²) in [6, 6.07) is 0.0132. The van der Waals surface area contributed by atoms with Crippen LogP contribution in [-0.4, -0.2) is 68.8 Å². The van der Waals surface area contributed by atoms with E-state index < -0.39 is 0 Å². The molecule has 18 heavy (non-hydrogen) atoms. The Hall–Kier alpha value is -0.650. The van der Waals surface area contributed by atoms with Gasteiger partial charge in [-0.1, -0.05) is 20.3 Å². The molecule has 1 rings (SSSR count). The Morgan fingerprint density at radius 3 is 2.89 bits per heavy atom. The van der Waals surface area contributed by atoms with Crippen molar-refractivity contribution in [3.8, 4) is 0 Å². The molecule has 106 valence electrons. The average molecular weight is 257 g/mol. The zero-order valence-electron chi connectivity index (χ0n) is 12.1. The zero-order chi connectivity index (χ0) is 13.5. The van der Waals surface area contributed by atoms with Crippen molar-refractivity contribution >= 4 is 5.91 Å². The molecule has 0 saturated carbocycles. The fourth-order valence-electron chi connectivity index (χ4n) is 2.09. The smallest absolute Gasteiger partial charge is 0.241 e. The monoisotopic (exact) mass is 257 g/mol. The van der Waals surface area contributed by atoms with Crippen LogP contribution in [0.3, 0.4) is 0 Å². The van der Waals surface area contributed by atoms with Crippen LogP contribution in [0.2, 0.25) is 0 Å². The molecule has 2 unspecified atom stereocenters. The third-order valence-electron chi connectivity index (χ3n) is 3.72. The van der Waals surface area contributed by atoms with Crippen LogP contribution in [0.4, 0.5) is 0 Å². The molecule has 1 N–H and O–H groups in total. The minimum absolute atomic E-state index is 0.0132. The molecule has 1 saturated heterocycles. The molecule has 0 aromatic heterocycles. The van der Waals surface area contributed by atoms with E-state index in [-0.39, 0.29) is 11.9 Å². The van der Waals surface area contributed by atoms with E-state index in [0.717, 1.165) is 32.7 Å². The van der Waals surface area contributed by atoms with E-state index in [2.05, 4.69) is 31.1 Å². The lowest BCUT2D eigenvalue weighted by molar-refractivity contribution is -0.129. The summed E-state index contributed by atoms with van der Waals surface area (Å²) in [7, 11) is 3.76. The van der Waals surface area contributed by atoms with Crippen molar-refractivity contribution in [3.63, 3.8) is 0 Å². The van der Waals surface area contributed by atoms with E-state index in [0.29, 0.717) is 12.6 Å². The van der Waals surface area contributed by atoms with Crippen molar-refractivity contribution in [2.45, 2.75) is 26.3 Å². The summed E-state index contributed by atoms with van der Waals surface area (Å²) >= 11 is 0. The number of hydrogen-bond donors (Lipinski definition) is 1. The van der Waals surface area contributed by atoms with Crippen molar-refractivity contribution in [3.05, 3.63) is 0 Å². The Balaban J connectivity index is 2.30. The third kappa shape index (κ3) is 4.23. The molecule has 0 bridgehead atoms. The highest BCUT2D eigenvalue weighted by molar-refractivity contribution is 5.84. The number of carbonyl (C=O) groups excluding carboxylic acids is 1. The van der Waals surface area contributed by atoms with Crippen molar-refractivity contribution in [2.75, 3.05) is 47.1 Å². The number of ether oxygens (including phenoxy) is 1. The van der Waals surface area contributed by atoms with Gasteiger partial charge in [-0.25, -0.2) is 0 Å². The molecule has 1 amide bonds. The molecular formula is C13H27N3O2. The molecule has 1 aliphatic heterocycles. The summed E-state index contributed by atoms with van der Waals surface area (Å²) in [6.45, 7) is 8.26. The number of amides is 1. The van der Waals surface area contributed by atoms with Crippen molar-refractivity contribution in [2.24, 2.45) is 5.92 Å². The zero-order valence-corrected chi connectivity index (χ0v) is 12.1. The van der Waals surface area contributed by atoms with Crippen molar-refractivity contribution in [1.29, 1.82) is 0 Å². The maximum absolute atomic E-state index is 12.2. The lowest BCUT2D eigenvalue weighted by Gasteiger charge is -2.21. The highest BCUT2D eigenvalue weighted by atomic mass is 16.5. The SMILES string of the molecule is CCC(C)C1NCN(CCN(C)CCOC)C1=O. The van der Waals surface area contributed by atoms with Crippen LogP contribution >= 0.6 is 0 Å². The molecule has 5 heteroatoms. The summed E-state index contributed by atoms with van der Waals surface area (Å²) in [5, 5.41) is 3.31. The highest BCUT2D eigenvalue weighted by Gasteiger charge is 2.33. The summed E-state index contributed by atoms with van der Waals surface area (Å²) in [6.07, 6.45) is 1.03. The predicted octanol–water partition coefficient (Wildman–Crippen LogP) is 0.369. The van der Waals surface area contributed by atoms with Gasteiger partial charge in [0.2, 0.25) is 5.91 Å². The van der Waals surface area contributed by atoms with Gasteiger partial charge >= 0.3 is 0 Å². The van der Waals surface area contributed by atoms with E-state index >= 15 is 0 Å². The minimum atomic E-state index is 0.0132. The molecular weight excluding hydrogens is 230 g/mol. The lowest BCUT2D eigenvalue weighted by atomic mass is 9.99. The predicted molar refractivity (Wildman–Crippen MR) is 72.3 cm³/mol. The van der Waals surface area contributed by atoms with Crippen LogP contribution in [0.25, 0.3) is 0 Å². The molecule has 2 atom stereocenters. The van der Waals surface area contributed by atoms with E-state index in [4.69, 9.17) is 4.74 Å². The number of nitrogens with zero attached hydrogens (tertiary/aromatic N) is 2. The van der Waals surface area contributed by atoms with Crippen LogP contribution in [0.5, 0.6) is 0 Å². The van der Waals surface area contributed by atoms with Gasteiger partial charge in [-0.3, -0.25) is 10.1 Å². The number of carbonyl (C=O) groups is 1. The van der Waals surface area contributed by atoms with Gasteiger partial charge in [-0.05, 0) is 13.0 Å². The second kappa shape index (κ2) is 7.71. The first-order chi connectivity index (χ1) is 8.60. The topological polar surface area (TPSA) is 44.8 Å². The number of rotatable bonds is 8. The Morgan fingerprint density at radius 2 is 2.28 bits per heavy atom. The van der Waals surface area contributed by atoms with Gasteiger partial charge in [0.25, 0.3) is 0 Å². The Labute approximate surface area is 110 Å². The maximum Gasteiger partial charge on any atom is 0.241 e. The van der Waals surface area contributed by atoms with Crippen LogP contribution in [0.1, 0.15) is 20.3 Å². The second-order valence-electron chi connectivity index (χ2n) is 5.12. The van der Waals surface area contributed by atoms with E-state index in [1.165, 1.54) is 0 Å². The number of nitrogens with one attached hydrogen (secondary N) is 1. The van der Waals surface area contributed by atoms with Crippen LogP contribution in [0.15, 0.2) is 0 Å². The van der Waals surface area contributed by atoms with Crippen molar-refractivity contribution in [1.82, 2.24) is 15.1 Å². The fourth-order valence-corrected chi connectivity index (χ4v) is 2.09. The quantitative estimate of drug-likeness (QED) is 0.682. The van der Waals surface area contributed by atoms with E-state index in [1.54, 1.807) is 7.11 Å². The number of likely N-dealkylation sites (N-methyl/N-ethyl adjacent to an activating group) is 1. The molecule has 0 aliphatic carbocycles. The molecule has 1 heterocycles. The number of methoxy groups -OCH3 is 1. The summed E-state index contributed by atoms with van der Waals surface area (Å²) in [5.74, 6) is 0.665. The largest absolute Gasteiger partial charge is 0.383 e. The first-order valence-corrected chi connectivity index (χ1v) is 6.79. The first kappa shape index (κ1) is 15.4. The summed E-state index contributed by atoms with van der Waals surface area (Å²) < 4.78 is 5.03. The molecule has 0 aromatic rings. The van der Waals surface area contributed by atoms with Crippen LogP contribution < -0.4 is 5.32 Å². The third-order valence-corrected chi connectivity index (χ3v) is 3.72. The second-order valence-corrected chi connectivity index (χ2v) is 5.12. The Morgan fingerprint density at radius 1 is 1.56 bits per heavy atom. The van der Waals surface area contributed by atoms with Crippen molar-refractivity contribution < 1.29 is 9.53 Å². The minimum Gasteiger partial charge on any atom is -0.383 e. The first-order valence-electron chi connectivity index (χ1n) is 6.79. The Kier molecular flexibility index (Phi) is 6.60. The molecule has 5 nitrogen and oxygen atoms in total. The van der Waals surface area contributed by atoms with Gasteiger partial charge < -0.3 is 14.5 Å². The maximum atomic E-state index is 12.2. The van der Waals surface area contributed by atoms with Gasteiger partial charge in [0.1, 0.15) is 0 Å². The summed E-state index contributed by atoms with van der Waals surface area (Å²) in [5.41, 5.74) is 0. The van der Waals surface area contributed by atoms with E-state index in [9.17, 15) is 4.79 Å². The van der Waals surface area contributed by atoms with Gasteiger partial charge in [-0.15, -0.1) is 0 Å². The fraction of sp³-hybridized carbons (Fsp3) is 0.923. The van der Waals surface area contributed by atoms with Gasteiger partial charge in [0.05, 0.1) is 19.3 Å². The molecule has 0 spiro atoms. The van der Waals surface area contributed by atoms with Gasteiger partial charge in [-0.2, -0.15) is 0 Å². The lowest BCUT2D eigenvalue weighted by Crippen LogP contribution is -2.38. The number of hydrogen-bond acceptors (Lipinski definition) is 4. The average Bonchev–Trinajstić information content (AvgIpc) is 2.74. The van der Waals surface area contributed by atoms with Gasteiger partial charge in [0.15, 0.2) is 0 Å². The van der Waals surface area contributed by atoms with Gasteiger partial charge in [0, 0.05) is 26.7 Å². The highest BCUT2D eigenvalue weighted by Crippen LogP contribution is 2.14. The molecule has 1 fully saturated rings. The van der Waals surface area contributed by atoms with E-state index in [1.807, 2.05) is 4.90 Å². The standard InChI is InChI=1S/C13H27N3O2/c1-5-11(2)12-13(17)16(10-14-12)7-6-15(3)8-9-18-4/h11-12,14H,5-10H2,1-4H3. The normalized spacial score (nSPS) is 21.9. The summed E-state index contributed by atoms with van der Waals surface area (Å²) in [4.78, 5) is 16.3. The van der Waals surface area contributed by atoms with Crippen LogP contribution in [-0.2, 0) is 9.53 Å².